The number of alkyl halides is 1. The number of nitrogens with one attached hydrogen (secondary N) is 1. The molecular formula is C10H12ClNO2. The molecule has 0 aliphatic rings. The summed E-state index contributed by atoms with van der Waals surface area (Å²) in [5.74, 6) is -0.316. The maximum atomic E-state index is 11.0. The van der Waals surface area contributed by atoms with Crippen molar-refractivity contribution in [2.24, 2.45) is 0 Å². The van der Waals surface area contributed by atoms with Crippen molar-refractivity contribution in [3.05, 3.63) is 29.3 Å². The fourth-order valence-corrected chi connectivity index (χ4v) is 1.29. The van der Waals surface area contributed by atoms with E-state index in [1.54, 1.807) is 6.07 Å². The molecule has 0 bridgehead atoms. The zero-order valence-electron chi connectivity index (χ0n) is 7.88. The molecule has 0 radical (unpaired) electrons. The van der Waals surface area contributed by atoms with Gasteiger partial charge in [-0.25, -0.2) is 0 Å². The normalized spacial score (nSPS) is 9.93. The summed E-state index contributed by atoms with van der Waals surface area (Å²) >= 11 is 5.35. The highest BCUT2D eigenvalue weighted by molar-refractivity contribution is 6.29. The molecule has 2 N–H and O–H groups in total. The summed E-state index contributed by atoms with van der Waals surface area (Å²) < 4.78 is 0. The van der Waals surface area contributed by atoms with Gasteiger partial charge >= 0.3 is 0 Å². The average Bonchev–Trinajstić information content (AvgIpc) is 2.16. The summed E-state index contributed by atoms with van der Waals surface area (Å²) in [5.41, 5.74) is 2.43. The van der Waals surface area contributed by atoms with Gasteiger partial charge in [-0.2, -0.15) is 0 Å². The van der Waals surface area contributed by atoms with Crippen LogP contribution in [-0.2, 0) is 11.4 Å². The van der Waals surface area contributed by atoms with E-state index in [1.165, 1.54) is 0 Å². The van der Waals surface area contributed by atoms with E-state index < -0.39 is 0 Å². The van der Waals surface area contributed by atoms with E-state index in [2.05, 4.69) is 5.32 Å². The molecule has 1 amide bonds. The average molecular weight is 214 g/mol. The van der Waals surface area contributed by atoms with Gasteiger partial charge in [0, 0.05) is 5.69 Å². The maximum absolute atomic E-state index is 11.0. The summed E-state index contributed by atoms with van der Waals surface area (Å²) in [7, 11) is 0. The van der Waals surface area contributed by atoms with Crippen LogP contribution in [0.4, 0.5) is 5.69 Å². The molecule has 4 heteroatoms. The Balaban J connectivity index is 2.86. The molecule has 0 atom stereocenters. The molecule has 0 aromatic heterocycles. The molecule has 1 aromatic carbocycles. The Labute approximate surface area is 87.7 Å². The minimum atomic E-state index is -0.249. The predicted octanol–water partition coefficient (Wildman–Crippen LogP) is 1.66. The number of benzene rings is 1. The number of halogens is 1. The largest absolute Gasteiger partial charge is 0.392 e. The van der Waals surface area contributed by atoms with Crippen molar-refractivity contribution in [2.45, 2.75) is 13.5 Å². The molecular weight excluding hydrogens is 202 g/mol. The predicted molar refractivity (Wildman–Crippen MR) is 56.5 cm³/mol. The van der Waals surface area contributed by atoms with Gasteiger partial charge in [0.1, 0.15) is 5.88 Å². The molecule has 1 aromatic rings. The van der Waals surface area contributed by atoms with Crippen molar-refractivity contribution in [1.82, 2.24) is 0 Å². The van der Waals surface area contributed by atoms with Crippen LogP contribution in [0.1, 0.15) is 11.1 Å². The van der Waals surface area contributed by atoms with Crippen LogP contribution in [0.3, 0.4) is 0 Å². The van der Waals surface area contributed by atoms with Gasteiger partial charge in [-0.05, 0) is 30.2 Å². The lowest BCUT2D eigenvalue weighted by Crippen LogP contribution is -2.12. The molecule has 0 saturated heterocycles. The topological polar surface area (TPSA) is 49.3 Å². The van der Waals surface area contributed by atoms with Gasteiger partial charge in [-0.15, -0.1) is 11.6 Å². The van der Waals surface area contributed by atoms with Crippen molar-refractivity contribution in [3.8, 4) is 0 Å². The van der Waals surface area contributed by atoms with E-state index >= 15 is 0 Å². The summed E-state index contributed by atoms with van der Waals surface area (Å²) in [4.78, 5) is 11.0. The van der Waals surface area contributed by atoms with Crippen molar-refractivity contribution < 1.29 is 9.90 Å². The standard InChI is InChI=1S/C10H12ClNO2/c1-7-2-8(6-13)4-9(3-7)12-10(14)5-11/h2-4,13H,5-6H2,1H3,(H,12,14). The number of aliphatic hydroxyl groups is 1. The molecule has 0 heterocycles. The lowest BCUT2D eigenvalue weighted by atomic mass is 10.1. The number of carbonyl (C=O) groups excluding carboxylic acids is 1. The highest BCUT2D eigenvalue weighted by Gasteiger charge is 2.01. The molecule has 0 spiro atoms. The Morgan fingerprint density at radius 2 is 2.21 bits per heavy atom. The number of aryl methyl sites for hydroxylation is 1. The Morgan fingerprint density at radius 3 is 2.79 bits per heavy atom. The van der Waals surface area contributed by atoms with Gasteiger partial charge in [0.2, 0.25) is 5.91 Å². The van der Waals surface area contributed by atoms with Gasteiger partial charge < -0.3 is 10.4 Å². The number of aliphatic hydroxyl groups excluding tert-OH is 1. The molecule has 14 heavy (non-hydrogen) atoms. The molecule has 1 rings (SSSR count). The lowest BCUT2D eigenvalue weighted by Gasteiger charge is -2.06. The SMILES string of the molecule is Cc1cc(CO)cc(NC(=O)CCl)c1. The minimum Gasteiger partial charge on any atom is -0.392 e. The number of hydrogen-bond acceptors (Lipinski definition) is 2. The highest BCUT2D eigenvalue weighted by Crippen LogP contribution is 2.14. The van der Waals surface area contributed by atoms with Gasteiger partial charge in [-0.1, -0.05) is 6.07 Å². The second kappa shape index (κ2) is 4.98. The van der Waals surface area contributed by atoms with E-state index in [1.807, 2.05) is 19.1 Å². The Morgan fingerprint density at radius 1 is 1.50 bits per heavy atom. The Hall–Kier alpha value is -1.06. The number of anilines is 1. The monoisotopic (exact) mass is 213 g/mol. The Kier molecular flexibility index (Phi) is 3.92. The third-order valence-corrected chi connectivity index (χ3v) is 1.97. The summed E-state index contributed by atoms with van der Waals surface area (Å²) in [5, 5.41) is 11.6. The van der Waals surface area contributed by atoms with E-state index in [-0.39, 0.29) is 18.4 Å². The van der Waals surface area contributed by atoms with Crippen LogP contribution in [0.25, 0.3) is 0 Å². The van der Waals surface area contributed by atoms with Gasteiger partial charge in [0.15, 0.2) is 0 Å². The van der Waals surface area contributed by atoms with E-state index in [0.717, 1.165) is 11.1 Å². The van der Waals surface area contributed by atoms with Crippen LogP contribution in [0.15, 0.2) is 18.2 Å². The van der Waals surface area contributed by atoms with Crippen LogP contribution in [0, 0.1) is 6.92 Å². The number of hydrogen-bond donors (Lipinski definition) is 2. The second-order valence-electron chi connectivity index (χ2n) is 3.05. The van der Waals surface area contributed by atoms with Crippen molar-refractivity contribution in [2.75, 3.05) is 11.2 Å². The third-order valence-electron chi connectivity index (χ3n) is 1.72. The zero-order chi connectivity index (χ0) is 10.6. The van der Waals surface area contributed by atoms with Gasteiger partial charge in [0.25, 0.3) is 0 Å². The number of carbonyl (C=O) groups is 1. The summed E-state index contributed by atoms with van der Waals surface area (Å²) in [6, 6.07) is 5.40. The van der Waals surface area contributed by atoms with E-state index in [9.17, 15) is 4.79 Å². The highest BCUT2D eigenvalue weighted by atomic mass is 35.5. The molecule has 0 unspecified atom stereocenters. The fraction of sp³-hybridized carbons (Fsp3) is 0.300. The quantitative estimate of drug-likeness (QED) is 0.751. The number of rotatable bonds is 3. The zero-order valence-corrected chi connectivity index (χ0v) is 8.64. The smallest absolute Gasteiger partial charge is 0.239 e. The van der Waals surface area contributed by atoms with Crippen LogP contribution in [-0.4, -0.2) is 16.9 Å². The molecule has 0 saturated carbocycles. The van der Waals surface area contributed by atoms with Crippen molar-refractivity contribution >= 4 is 23.2 Å². The first-order valence-corrected chi connectivity index (χ1v) is 4.76. The third kappa shape index (κ3) is 3.01. The van der Waals surface area contributed by atoms with Crippen molar-refractivity contribution in [3.63, 3.8) is 0 Å². The van der Waals surface area contributed by atoms with Crippen LogP contribution in [0.2, 0.25) is 0 Å². The van der Waals surface area contributed by atoms with Crippen molar-refractivity contribution in [1.29, 1.82) is 0 Å². The Bertz CT molecular complexity index is 339. The summed E-state index contributed by atoms with van der Waals surface area (Å²) in [6.45, 7) is 1.86. The molecule has 0 aliphatic carbocycles. The molecule has 76 valence electrons. The molecule has 0 fully saturated rings. The van der Waals surface area contributed by atoms with Gasteiger partial charge in [-0.3, -0.25) is 4.79 Å². The van der Waals surface area contributed by atoms with E-state index in [0.29, 0.717) is 5.69 Å². The molecule has 3 nitrogen and oxygen atoms in total. The molecule has 0 aliphatic heterocycles. The first-order valence-electron chi connectivity index (χ1n) is 4.23. The maximum Gasteiger partial charge on any atom is 0.239 e. The lowest BCUT2D eigenvalue weighted by molar-refractivity contribution is -0.113. The first kappa shape index (κ1) is 11.0. The van der Waals surface area contributed by atoms with Gasteiger partial charge in [0.05, 0.1) is 6.61 Å². The van der Waals surface area contributed by atoms with Crippen LogP contribution < -0.4 is 5.32 Å². The van der Waals surface area contributed by atoms with Crippen LogP contribution in [0.5, 0.6) is 0 Å². The number of amides is 1. The second-order valence-corrected chi connectivity index (χ2v) is 3.31. The van der Waals surface area contributed by atoms with E-state index in [4.69, 9.17) is 16.7 Å². The first-order chi connectivity index (χ1) is 6.65. The fourth-order valence-electron chi connectivity index (χ4n) is 1.22. The minimum absolute atomic E-state index is 0.0363. The summed E-state index contributed by atoms with van der Waals surface area (Å²) in [6.07, 6.45) is 0. The van der Waals surface area contributed by atoms with Crippen LogP contribution >= 0.6 is 11.6 Å².